The number of aryl methyl sites for hydroxylation is 2. The summed E-state index contributed by atoms with van der Waals surface area (Å²) in [5.41, 5.74) is 12.9. The number of nitrogens with one attached hydrogen (secondary N) is 3. The summed E-state index contributed by atoms with van der Waals surface area (Å²) in [4.78, 5) is 54.0. The molecule has 3 heterocycles. The molecule has 0 spiro atoms. The highest BCUT2D eigenvalue weighted by Crippen LogP contribution is 2.48. The molecule has 83 heavy (non-hydrogen) atoms. The van der Waals surface area contributed by atoms with Crippen molar-refractivity contribution < 1.29 is 42.0 Å². The number of rotatable bonds is 14. The predicted octanol–water partition coefficient (Wildman–Crippen LogP) is 8.79. The zero-order valence-electron chi connectivity index (χ0n) is 46.7. The summed E-state index contributed by atoms with van der Waals surface area (Å²) in [7, 11) is -9.59. The Morgan fingerprint density at radius 3 is 1.28 bits per heavy atom. The van der Waals surface area contributed by atoms with Crippen LogP contribution in [0.4, 0.5) is 31.4 Å². The normalized spacial score (nSPS) is 19.1. The van der Waals surface area contributed by atoms with Crippen LogP contribution in [-0.4, -0.2) is 63.0 Å². The van der Waals surface area contributed by atoms with Gasteiger partial charge < -0.3 is 30.9 Å². The van der Waals surface area contributed by atoms with E-state index in [1.807, 2.05) is 6.92 Å². The van der Waals surface area contributed by atoms with Gasteiger partial charge in [-0.25, -0.2) is 57.4 Å². The van der Waals surface area contributed by atoms with Crippen molar-refractivity contribution in [2.24, 2.45) is 28.5 Å². The van der Waals surface area contributed by atoms with Gasteiger partial charge in [0.25, 0.3) is 0 Å². The number of carbonyl (C=O) groups is 3. The van der Waals surface area contributed by atoms with Crippen molar-refractivity contribution in [1.29, 1.82) is 0 Å². The minimum atomic E-state index is -3.85. The van der Waals surface area contributed by atoms with Gasteiger partial charge in [0.15, 0.2) is 29.7 Å². The average molecular weight is 1240 g/mol. The van der Waals surface area contributed by atoms with Crippen LogP contribution in [0.3, 0.4) is 0 Å². The van der Waals surface area contributed by atoms with Crippen molar-refractivity contribution in [2.45, 2.75) is 173 Å². The Morgan fingerprint density at radius 2 is 0.855 bits per heavy atom. The first-order chi connectivity index (χ1) is 39.2. The maximum Gasteiger partial charge on any atom is 0.354 e. The number of benzene rings is 3. The standard InChI is InChI=1S/C56H66N12O9S6/c1-54(2,72)48-60-25-42(78-48)81(57,74)67-53(71)65-47-38-20-18-34(38)40(35-19-21-39(35)47)23-55(3,73)49-61-26-43(79-49)82(58,75)68-52(70)64-46-36-16-8-14-32(36)41(33-15-9-17-37(33)46)24-56(4,77-5)50-62-27-44(80-50)83(59,76)66-51(69)63-45-30-12-6-10-28(30)22-29-11-7-13-31(29)45/h22,25-27,72-73H,6-21,23-24H2,1-5H3,(H3,57,65,67,71,74)(H3,58,64,68,70,75)(H3,59,63,66,69,76). The minimum absolute atomic E-state index is 0.0205. The fourth-order valence-electron chi connectivity index (χ4n) is 12.9. The smallest absolute Gasteiger partial charge is 0.354 e. The van der Waals surface area contributed by atoms with E-state index in [0.29, 0.717) is 61.3 Å². The highest BCUT2D eigenvalue weighted by molar-refractivity contribution is 7.94. The van der Waals surface area contributed by atoms with Crippen LogP contribution in [0.25, 0.3) is 0 Å². The lowest BCUT2D eigenvalue weighted by Crippen LogP contribution is -2.31. The number of carbonyl (C=O) groups excluding carboxylic acids is 3. The lowest BCUT2D eigenvalue weighted by molar-refractivity contribution is 0.00174. The third kappa shape index (κ3) is 10.7. The monoisotopic (exact) mass is 1240 g/mol. The lowest BCUT2D eigenvalue weighted by Gasteiger charge is -2.37. The maximum absolute atomic E-state index is 14.2. The number of thiazole rings is 3. The van der Waals surface area contributed by atoms with Gasteiger partial charge in [0.2, 0.25) is 0 Å². The fraction of sp³-hybridized carbons (Fsp3) is 0.464. The molecular formula is C56H66N12O9S6. The zero-order chi connectivity index (χ0) is 58.8. The molecule has 0 radical (unpaired) electrons. The number of urea groups is 3. The van der Waals surface area contributed by atoms with Crippen molar-refractivity contribution >= 4 is 98.9 Å². The van der Waals surface area contributed by atoms with E-state index >= 15 is 0 Å². The molecule has 3 aromatic heterocycles. The second kappa shape index (κ2) is 21.2. The van der Waals surface area contributed by atoms with Crippen molar-refractivity contribution in [3.63, 3.8) is 0 Å². The van der Waals surface area contributed by atoms with E-state index in [4.69, 9.17) is 20.2 Å². The van der Waals surface area contributed by atoms with Crippen molar-refractivity contribution in [3.05, 3.63) is 118 Å². The van der Waals surface area contributed by atoms with Crippen LogP contribution in [0.1, 0.15) is 146 Å². The number of hydrogen-bond acceptors (Lipinski definition) is 15. The van der Waals surface area contributed by atoms with Gasteiger partial charge in [-0.3, -0.25) is 0 Å². The number of aromatic nitrogens is 3. The van der Waals surface area contributed by atoms with Gasteiger partial charge in [-0.05, 0) is 208 Å². The van der Waals surface area contributed by atoms with Gasteiger partial charge >= 0.3 is 18.1 Å². The van der Waals surface area contributed by atoms with E-state index in [2.05, 4.69) is 50.1 Å². The Morgan fingerprint density at radius 1 is 0.518 bits per heavy atom. The summed E-state index contributed by atoms with van der Waals surface area (Å²) in [5, 5.41) is 51.1. The molecule has 11 N–H and O–H groups in total. The number of aliphatic hydroxyl groups is 2. The quantitative estimate of drug-likeness (QED) is 0.0507. The number of amides is 6. The van der Waals surface area contributed by atoms with Crippen molar-refractivity contribution in [1.82, 2.24) is 15.0 Å². The first kappa shape index (κ1) is 58.0. The molecule has 6 aliphatic carbocycles. The Kier molecular flexibility index (Phi) is 14.8. The molecule has 5 atom stereocenters. The van der Waals surface area contributed by atoms with Gasteiger partial charge in [0.1, 0.15) is 44.5 Å². The Hall–Kier alpha value is -5.43. The van der Waals surface area contributed by atoms with E-state index in [0.717, 1.165) is 171 Å². The second-order valence-electron chi connectivity index (χ2n) is 23.3. The van der Waals surface area contributed by atoms with Gasteiger partial charge in [-0.2, -0.15) is 0 Å². The lowest BCUT2D eigenvalue weighted by atomic mass is 9.70. The summed E-state index contributed by atoms with van der Waals surface area (Å²) < 4.78 is 60.1. The molecule has 6 aromatic rings. The van der Waals surface area contributed by atoms with Crippen LogP contribution in [0.15, 0.2) is 50.4 Å². The predicted molar refractivity (Wildman–Crippen MR) is 321 cm³/mol. The molecule has 12 rings (SSSR count). The molecule has 5 unspecified atom stereocenters. The third-order valence-electron chi connectivity index (χ3n) is 17.1. The average Bonchev–Trinajstić information content (AvgIpc) is 4.38. The van der Waals surface area contributed by atoms with Gasteiger partial charge in [-0.15, -0.1) is 47.1 Å². The topological polar surface area (TPSA) is 342 Å². The third-order valence-corrected chi connectivity index (χ3v) is 26.6. The first-order valence-corrected chi connectivity index (χ1v) is 34.9. The maximum atomic E-state index is 14.2. The Bertz CT molecular complexity index is 4090. The van der Waals surface area contributed by atoms with Gasteiger partial charge in [0, 0.05) is 37.0 Å². The first-order valence-electron chi connectivity index (χ1n) is 27.7. The number of fused-ring (bicyclic) bond motifs is 6. The van der Waals surface area contributed by atoms with Crippen LogP contribution in [-0.2, 0) is 141 Å². The number of ether oxygens (including phenoxy) is 1. The molecule has 0 saturated heterocycles. The molecular weight excluding hydrogens is 1180 g/mol. The number of hydrogen-bond donors (Lipinski definition) is 8. The summed E-state index contributed by atoms with van der Waals surface area (Å²) in [6.45, 7) is 6.62. The van der Waals surface area contributed by atoms with Gasteiger partial charge in [-0.1, -0.05) is 6.07 Å². The molecule has 0 aliphatic heterocycles. The van der Waals surface area contributed by atoms with Crippen LogP contribution < -0.4 is 31.4 Å². The molecule has 6 aliphatic rings. The van der Waals surface area contributed by atoms with Crippen LogP contribution in [0.2, 0.25) is 0 Å². The fourth-order valence-corrected chi connectivity index (χ4v) is 19.3. The van der Waals surface area contributed by atoms with Crippen LogP contribution in [0.5, 0.6) is 0 Å². The summed E-state index contributed by atoms with van der Waals surface area (Å²) >= 11 is 2.95. The molecule has 21 nitrogen and oxygen atoms in total. The molecule has 6 amide bonds. The largest absolute Gasteiger partial charge is 0.383 e. The van der Waals surface area contributed by atoms with E-state index in [1.54, 1.807) is 14.0 Å². The van der Waals surface area contributed by atoms with E-state index in [9.17, 15) is 37.2 Å². The van der Waals surface area contributed by atoms with Crippen molar-refractivity contribution in [3.8, 4) is 0 Å². The molecule has 0 fully saturated rings. The van der Waals surface area contributed by atoms with E-state index in [-0.39, 0.29) is 29.1 Å². The molecule has 27 heteroatoms. The van der Waals surface area contributed by atoms with Gasteiger partial charge in [0.05, 0.1) is 18.6 Å². The second-order valence-corrected chi connectivity index (χ2v) is 32.5. The molecule has 3 aromatic carbocycles. The molecule has 0 bridgehead atoms. The highest BCUT2D eigenvalue weighted by Gasteiger charge is 2.40. The van der Waals surface area contributed by atoms with Crippen molar-refractivity contribution in [2.75, 3.05) is 23.1 Å². The Balaban J connectivity index is 0.744. The summed E-state index contributed by atoms with van der Waals surface area (Å²) in [6.07, 6.45) is 17.5. The highest BCUT2D eigenvalue weighted by atomic mass is 32.2. The number of methoxy groups -OCH3 is 1. The number of nitrogens with two attached hydrogens (primary N) is 3. The summed E-state index contributed by atoms with van der Waals surface area (Å²) in [6, 6.07) is -0.222. The minimum Gasteiger partial charge on any atom is -0.383 e. The SMILES string of the molecule is COC(C)(Cc1c2c(c(NC(=O)N=S(N)(=O)c3cnc(C(C)(O)Cc4c5c(c(NC(=O)N=S(N)(=O)c6cnc(C(C)(C)O)s6)c6c4CC6)CC5)s3)c3c1CCC3)CCC2)c1ncc(S(N)(=O)=NC(=O)Nc2c3c(cc4c2CCC4)CCC3)s1. The van der Waals surface area contributed by atoms with Crippen LogP contribution in [0, 0.1) is 0 Å². The Labute approximate surface area is 494 Å². The van der Waals surface area contributed by atoms with Crippen LogP contribution >= 0.6 is 34.0 Å². The molecule has 440 valence electrons. The molecule has 0 saturated carbocycles. The number of anilines is 3. The zero-order valence-corrected chi connectivity index (χ0v) is 51.6. The summed E-state index contributed by atoms with van der Waals surface area (Å²) in [5.74, 6) is 0. The number of nitrogens with zero attached hydrogens (tertiary/aromatic N) is 6. The van der Waals surface area contributed by atoms with E-state index in [1.165, 1.54) is 43.6 Å². The van der Waals surface area contributed by atoms with E-state index < -0.39 is 64.6 Å².